The Morgan fingerprint density at radius 2 is 1.33 bits per heavy atom. The van der Waals surface area contributed by atoms with Crippen molar-refractivity contribution in [3.63, 3.8) is 0 Å². The second kappa shape index (κ2) is 17.4. The fourth-order valence-corrected chi connectivity index (χ4v) is 4.84. The number of phenols is 1. The average molecular weight is 665 g/mol. The molecule has 0 unspecified atom stereocenters. The van der Waals surface area contributed by atoms with Crippen molar-refractivity contribution in [3.8, 4) is 5.75 Å². The van der Waals surface area contributed by atoms with Crippen molar-refractivity contribution in [2.45, 2.75) is 57.8 Å². The summed E-state index contributed by atoms with van der Waals surface area (Å²) in [6.45, 7) is 2.31. The third-order valence-corrected chi connectivity index (χ3v) is 7.35. The molecule has 0 saturated heterocycles. The molecule has 0 saturated carbocycles. The molecule has 9 N–H and O–H groups in total. The number of carbonyl (C=O) groups is 5. The summed E-state index contributed by atoms with van der Waals surface area (Å²) in [6.07, 6.45) is 0.256. The number of nitrogens with one attached hydrogen (secondary N) is 5. The maximum absolute atomic E-state index is 13.1. The lowest BCUT2D eigenvalue weighted by Crippen LogP contribution is -2.54. The molecule has 256 valence electrons. The molecule has 48 heavy (non-hydrogen) atoms. The fraction of sp³-hybridized carbons (Fsp3) is 0.364. The first kappa shape index (κ1) is 36.9. The molecule has 15 nitrogen and oxygen atoms in total. The van der Waals surface area contributed by atoms with Crippen molar-refractivity contribution < 1.29 is 34.2 Å². The number of anilines is 1. The Labute approximate surface area is 276 Å². The average Bonchev–Trinajstić information content (AvgIpc) is 3.05. The zero-order valence-corrected chi connectivity index (χ0v) is 26.6. The van der Waals surface area contributed by atoms with Crippen LogP contribution in [0.4, 0.5) is 5.69 Å². The molecule has 0 aliphatic heterocycles. The van der Waals surface area contributed by atoms with Gasteiger partial charge in [0, 0.05) is 24.9 Å². The molecule has 0 bridgehead atoms. The first-order valence-electron chi connectivity index (χ1n) is 15.3. The second-order valence-electron chi connectivity index (χ2n) is 11.6. The molecule has 4 amide bonds. The molecule has 0 radical (unpaired) electrons. The minimum atomic E-state index is -1.21. The summed E-state index contributed by atoms with van der Waals surface area (Å²) in [5.41, 5.74) is 5.26. The Hall–Kier alpha value is -5.57. The zero-order chi connectivity index (χ0) is 35.4. The Kier molecular flexibility index (Phi) is 13.4. The van der Waals surface area contributed by atoms with E-state index in [0.717, 1.165) is 0 Å². The summed E-state index contributed by atoms with van der Waals surface area (Å²) in [5, 5.41) is 31.7. The molecule has 0 heterocycles. The molecule has 3 aromatic rings. The Balaban J connectivity index is 1.60. The number of rotatable bonds is 18. The lowest BCUT2D eigenvalue weighted by Gasteiger charge is -2.23. The number of benzene rings is 2. The molecule has 3 atom stereocenters. The van der Waals surface area contributed by atoms with Gasteiger partial charge in [0.05, 0.1) is 18.8 Å². The SMILES string of the molecule is CC(C)C[C@H](NC(=O)[C@H](Cc1ccccc1)NC(=O)CNC(=O)CNC(=O)[C@H](Cc1ccc(O)cc1)Nc1c(CN)c(=O)c1=O)C(=O)O. The zero-order valence-electron chi connectivity index (χ0n) is 26.6. The molecule has 3 rings (SSSR count). The smallest absolute Gasteiger partial charge is 0.326 e. The lowest BCUT2D eigenvalue weighted by atomic mass is 10.0. The Bertz CT molecular complexity index is 1670. The van der Waals surface area contributed by atoms with Crippen LogP contribution in [0.25, 0.3) is 0 Å². The summed E-state index contributed by atoms with van der Waals surface area (Å²) in [5.74, 6) is -4.11. The van der Waals surface area contributed by atoms with Crippen LogP contribution < -0.4 is 43.2 Å². The summed E-state index contributed by atoms with van der Waals surface area (Å²) in [7, 11) is 0. The number of nitrogens with two attached hydrogens (primary N) is 1. The summed E-state index contributed by atoms with van der Waals surface area (Å²) in [4.78, 5) is 87.2. The number of carbonyl (C=O) groups excluding carboxylic acids is 4. The Morgan fingerprint density at radius 1 is 0.729 bits per heavy atom. The molecule has 0 fully saturated rings. The fourth-order valence-electron chi connectivity index (χ4n) is 4.84. The van der Waals surface area contributed by atoms with E-state index in [0.29, 0.717) is 11.1 Å². The number of carboxylic acid groups (broad SMARTS) is 1. The third kappa shape index (κ3) is 10.8. The third-order valence-electron chi connectivity index (χ3n) is 7.35. The molecule has 3 aromatic carbocycles. The monoisotopic (exact) mass is 664 g/mol. The van der Waals surface area contributed by atoms with Crippen molar-refractivity contribution >= 4 is 35.3 Å². The van der Waals surface area contributed by atoms with E-state index in [9.17, 15) is 43.8 Å². The van der Waals surface area contributed by atoms with Crippen molar-refractivity contribution in [1.82, 2.24) is 21.3 Å². The number of amides is 4. The number of hydrogen-bond donors (Lipinski definition) is 8. The minimum absolute atomic E-state index is 0.00362. The van der Waals surface area contributed by atoms with Gasteiger partial charge >= 0.3 is 5.97 Å². The van der Waals surface area contributed by atoms with Crippen LogP contribution in [0.2, 0.25) is 0 Å². The van der Waals surface area contributed by atoms with Gasteiger partial charge in [-0.3, -0.25) is 28.8 Å². The van der Waals surface area contributed by atoms with Crippen LogP contribution in [0.5, 0.6) is 5.75 Å². The highest BCUT2D eigenvalue weighted by Crippen LogP contribution is 2.15. The molecule has 0 aliphatic rings. The van der Waals surface area contributed by atoms with E-state index in [4.69, 9.17) is 5.73 Å². The van der Waals surface area contributed by atoms with Gasteiger partial charge in [0.2, 0.25) is 34.5 Å². The van der Waals surface area contributed by atoms with E-state index in [1.165, 1.54) is 12.1 Å². The van der Waals surface area contributed by atoms with Crippen molar-refractivity contribution in [1.29, 1.82) is 0 Å². The van der Waals surface area contributed by atoms with Gasteiger partial charge in [0.25, 0.3) is 0 Å². The largest absolute Gasteiger partial charge is 0.508 e. The van der Waals surface area contributed by atoms with E-state index >= 15 is 0 Å². The van der Waals surface area contributed by atoms with Crippen LogP contribution in [-0.4, -0.2) is 71.0 Å². The predicted octanol–water partition coefficient (Wildman–Crippen LogP) is -0.954. The summed E-state index contributed by atoms with van der Waals surface area (Å²) >= 11 is 0. The molecule has 0 spiro atoms. The highest BCUT2D eigenvalue weighted by Gasteiger charge is 2.28. The van der Waals surface area contributed by atoms with Gasteiger partial charge < -0.3 is 42.5 Å². The van der Waals surface area contributed by atoms with Crippen LogP contribution in [-0.2, 0) is 43.4 Å². The van der Waals surface area contributed by atoms with E-state index < -0.39 is 71.7 Å². The maximum Gasteiger partial charge on any atom is 0.326 e. The minimum Gasteiger partial charge on any atom is -0.508 e. The van der Waals surface area contributed by atoms with Gasteiger partial charge in [0.15, 0.2) is 0 Å². The van der Waals surface area contributed by atoms with E-state index in [-0.39, 0.29) is 48.7 Å². The molecule has 0 aromatic heterocycles. The molecular formula is C33H40N6O9. The quantitative estimate of drug-likeness (QED) is 0.0770. The number of hydrogen-bond acceptors (Lipinski definition) is 10. The van der Waals surface area contributed by atoms with Crippen LogP contribution in [0, 0.1) is 5.92 Å². The summed E-state index contributed by atoms with van der Waals surface area (Å²) in [6, 6.07) is 11.3. The molecular weight excluding hydrogens is 624 g/mol. The van der Waals surface area contributed by atoms with Gasteiger partial charge in [-0.25, -0.2) is 4.79 Å². The van der Waals surface area contributed by atoms with E-state index in [2.05, 4.69) is 26.6 Å². The van der Waals surface area contributed by atoms with Gasteiger partial charge in [-0.2, -0.15) is 0 Å². The lowest BCUT2D eigenvalue weighted by molar-refractivity contribution is -0.142. The van der Waals surface area contributed by atoms with Crippen molar-refractivity contribution in [2.75, 3.05) is 18.4 Å². The first-order chi connectivity index (χ1) is 22.8. The topological polar surface area (TPSA) is 246 Å². The normalized spacial score (nSPS) is 12.8. The van der Waals surface area contributed by atoms with Crippen molar-refractivity contribution in [3.05, 3.63) is 91.7 Å². The second-order valence-corrected chi connectivity index (χ2v) is 11.6. The predicted molar refractivity (Wildman–Crippen MR) is 176 cm³/mol. The van der Waals surface area contributed by atoms with E-state index in [1.807, 2.05) is 13.8 Å². The van der Waals surface area contributed by atoms with Crippen LogP contribution in [0.3, 0.4) is 0 Å². The summed E-state index contributed by atoms with van der Waals surface area (Å²) < 4.78 is 0. The molecule has 15 heteroatoms. The first-order valence-corrected chi connectivity index (χ1v) is 15.3. The number of carboxylic acids is 1. The van der Waals surface area contributed by atoms with Crippen molar-refractivity contribution in [2.24, 2.45) is 11.7 Å². The van der Waals surface area contributed by atoms with Crippen LogP contribution in [0.15, 0.2) is 64.2 Å². The van der Waals surface area contributed by atoms with E-state index in [1.54, 1.807) is 42.5 Å². The van der Waals surface area contributed by atoms with Gasteiger partial charge in [-0.15, -0.1) is 0 Å². The number of phenolic OH excluding ortho intramolecular Hbond substituents is 1. The van der Waals surface area contributed by atoms with Crippen LogP contribution in [0.1, 0.15) is 37.0 Å². The highest BCUT2D eigenvalue weighted by molar-refractivity contribution is 5.93. The Morgan fingerprint density at radius 3 is 1.94 bits per heavy atom. The molecule has 0 aliphatic carbocycles. The number of aromatic hydroxyl groups is 1. The maximum atomic E-state index is 13.1. The van der Waals surface area contributed by atoms with Gasteiger partial charge in [0.1, 0.15) is 23.9 Å². The number of aliphatic carboxylic acids is 1. The van der Waals surface area contributed by atoms with Gasteiger partial charge in [-0.05, 0) is 35.6 Å². The highest BCUT2D eigenvalue weighted by atomic mass is 16.4. The van der Waals surface area contributed by atoms with Gasteiger partial charge in [-0.1, -0.05) is 56.3 Å². The van der Waals surface area contributed by atoms with Crippen LogP contribution >= 0.6 is 0 Å². The standard InChI is InChI=1S/C33H40N6O9/c1-18(2)12-25(33(47)48)39-32(46)24(13-19-6-4-3-5-7-19)37-27(42)17-35-26(41)16-36-31(45)23(14-20-8-10-21(40)11-9-20)38-28-22(15-34)29(43)30(28)44/h3-11,18,23-25,38,40H,12-17,34H2,1-2H3,(H,35,41)(H,36,45)(H,37,42)(H,39,46)(H,47,48)/t23-,24-,25-/m0/s1.